The summed E-state index contributed by atoms with van der Waals surface area (Å²) in [7, 11) is -3.61. The molecule has 0 bridgehead atoms. The predicted molar refractivity (Wildman–Crippen MR) is 109 cm³/mol. The molecule has 1 heterocycles. The normalized spacial score (nSPS) is 14.6. The van der Waals surface area contributed by atoms with E-state index in [9.17, 15) is 17.6 Å². The summed E-state index contributed by atoms with van der Waals surface area (Å²) >= 11 is 0. The van der Waals surface area contributed by atoms with E-state index in [1.807, 2.05) is 6.07 Å². The summed E-state index contributed by atoms with van der Waals surface area (Å²) in [5, 5.41) is 4.16. The number of halogens is 1. The van der Waals surface area contributed by atoms with E-state index in [0.717, 1.165) is 31.1 Å². The number of benzene rings is 2. The van der Waals surface area contributed by atoms with Crippen molar-refractivity contribution in [1.29, 1.82) is 0 Å². The van der Waals surface area contributed by atoms with Crippen LogP contribution in [-0.4, -0.2) is 24.5 Å². The Balaban J connectivity index is 1.98. The molecule has 0 aliphatic heterocycles. The Morgan fingerprint density at radius 2 is 1.86 bits per heavy atom. The molecular formula is C22H21FN2O3S. The van der Waals surface area contributed by atoms with Crippen LogP contribution in [-0.2, 0) is 16.3 Å². The van der Waals surface area contributed by atoms with Gasteiger partial charge in [0.1, 0.15) is 5.82 Å². The molecule has 0 saturated heterocycles. The van der Waals surface area contributed by atoms with Crippen LogP contribution in [0.3, 0.4) is 0 Å². The van der Waals surface area contributed by atoms with Crippen molar-refractivity contribution in [2.75, 3.05) is 6.26 Å². The van der Waals surface area contributed by atoms with Gasteiger partial charge in [0.2, 0.25) is 0 Å². The number of aromatic nitrogens is 2. The lowest BCUT2D eigenvalue weighted by atomic mass is 9.80. The third kappa shape index (κ3) is 4.00. The molecule has 0 amide bonds. The van der Waals surface area contributed by atoms with Crippen LogP contribution in [0.1, 0.15) is 24.8 Å². The first kappa shape index (κ1) is 19.5. The quantitative estimate of drug-likeness (QED) is 0.639. The monoisotopic (exact) mass is 412 g/mol. The van der Waals surface area contributed by atoms with E-state index >= 15 is 0 Å². The van der Waals surface area contributed by atoms with Gasteiger partial charge in [-0.2, -0.15) is 9.78 Å². The molecule has 3 aromatic rings. The number of rotatable bonds is 5. The molecular weight excluding hydrogens is 391 g/mol. The van der Waals surface area contributed by atoms with Gasteiger partial charge in [-0.25, -0.2) is 12.8 Å². The molecule has 4 rings (SSSR count). The second-order valence-corrected chi connectivity index (χ2v) is 9.52. The number of hydrogen-bond donors (Lipinski definition) is 0. The maximum Gasteiger partial charge on any atom is 0.271 e. The first-order chi connectivity index (χ1) is 13.8. The van der Waals surface area contributed by atoms with Crippen LogP contribution in [0.4, 0.5) is 4.39 Å². The van der Waals surface area contributed by atoms with E-state index in [0.29, 0.717) is 22.7 Å². The Labute approximate surface area is 168 Å². The fourth-order valence-corrected chi connectivity index (χ4v) is 4.59. The fourth-order valence-electron chi connectivity index (χ4n) is 3.68. The summed E-state index contributed by atoms with van der Waals surface area (Å²) in [5.74, 6) is 0.110. The second-order valence-electron chi connectivity index (χ2n) is 7.53. The molecule has 150 valence electrons. The highest BCUT2D eigenvalue weighted by Gasteiger charge is 2.24. The summed E-state index contributed by atoms with van der Waals surface area (Å²) in [4.78, 5) is 12.5. The standard InChI is InChI=1S/C22H21FN2O3S/c1-29(27,28)21-14-20(25-22(26)6-3-11-24-25)17(12-15-4-2-5-15)13-19(21)16-7-9-18(23)10-8-16/h3,6-11,13-15H,2,4-5,12H2,1H3. The Bertz CT molecular complexity index is 1210. The molecule has 29 heavy (non-hydrogen) atoms. The third-order valence-electron chi connectivity index (χ3n) is 5.41. The summed E-state index contributed by atoms with van der Waals surface area (Å²) in [6, 6.07) is 12.0. The Kier molecular flexibility index (Phi) is 5.08. The molecule has 1 aromatic heterocycles. The van der Waals surface area contributed by atoms with E-state index < -0.39 is 9.84 Å². The summed E-state index contributed by atoms with van der Waals surface area (Å²) in [5.41, 5.74) is 2.14. The highest BCUT2D eigenvalue weighted by atomic mass is 32.2. The minimum Gasteiger partial charge on any atom is -0.267 e. The van der Waals surface area contributed by atoms with Crippen LogP contribution in [0, 0.1) is 11.7 Å². The van der Waals surface area contributed by atoms with Gasteiger partial charge in [0.15, 0.2) is 9.84 Å². The van der Waals surface area contributed by atoms with Gasteiger partial charge in [0.25, 0.3) is 5.56 Å². The number of nitrogens with zero attached hydrogens (tertiary/aromatic N) is 2. The molecule has 5 nitrogen and oxygen atoms in total. The molecule has 0 spiro atoms. The number of sulfone groups is 1. The van der Waals surface area contributed by atoms with Crippen molar-refractivity contribution in [3.63, 3.8) is 0 Å². The maximum atomic E-state index is 13.4. The van der Waals surface area contributed by atoms with Gasteiger partial charge in [-0.1, -0.05) is 31.4 Å². The lowest BCUT2D eigenvalue weighted by Gasteiger charge is -2.27. The lowest BCUT2D eigenvalue weighted by molar-refractivity contribution is 0.314. The zero-order valence-electron chi connectivity index (χ0n) is 16.0. The Morgan fingerprint density at radius 3 is 2.45 bits per heavy atom. The van der Waals surface area contributed by atoms with Gasteiger partial charge in [-0.3, -0.25) is 4.79 Å². The largest absolute Gasteiger partial charge is 0.271 e. The minimum absolute atomic E-state index is 0.0917. The minimum atomic E-state index is -3.61. The van der Waals surface area contributed by atoms with Gasteiger partial charge >= 0.3 is 0 Å². The summed E-state index contributed by atoms with van der Waals surface area (Å²) in [6.45, 7) is 0. The van der Waals surface area contributed by atoms with Gasteiger partial charge in [-0.15, -0.1) is 0 Å². The summed E-state index contributed by atoms with van der Waals surface area (Å²) in [6.07, 6.45) is 6.76. The van der Waals surface area contributed by atoms with Crippen molar-refractivity contribution in [2.24, 2.45) is 5.92 Å². The van der Waals surface area contributed by atoms with Crippen LogP contribution in [0.15, 0.2) is 64.4 Å². The van der Waals surface area contributed by atoms with Gasteiger partial charge < -0.3 is 0 Å². The van der Waals surface area contributed by atoms with Gasteiger partial charge in [0.05, 0.1) is 10.6 Å². The predicted octanol–water partition coefficient (Wildman–Crippen LogP) is 3.78. The topological polar surface area (TPSA) is 69.0 Å². The zero-order valence-corrected chi connectivity index (χ0v) is 16.8. The highest BCUT2D eigenvalue weighted by Crippen LogP contribution is 2.36. The zero-order chi connectivity index (χ0) is 20.6. The third-order valence-corrected chi connectivity index (χ3v) is 6.55. The van der Waals surface area contributed by atoms with Crippen molar-refractivity contribution >= 4 is 9.84 Å². The van der Waals surface area contributed by atoms with Gasteiger partial charge in [-0.05, 0) is 53.8 Å². The van der Waals surface area contributed by atoms with E-state index in [1.165, 1.54) is 41.6 Å². The Hall–Kier alpha value is -2.80. The van der Waals surface area contributed by atoms with E-state index in [-0.39, 0.29) is 16.3 Å². The first-order valence-electron chi connectivity index (χ1n) is 9.50. The van der Waals surface area contributed by atoms with Crippen molar-refractivity contribution in [3.05, 3.63) is 76.5 Å². The molecule has 2 aromatic carbocycles. The van der Waals surface area contributed by atoms with Crippen molar-refractivity contribution in [1.82, 2.24) is 9.78 Å². The average Bonchev–Trinajstić information content (AvgIpc) is 2.64. The average molecular weight is 412 g/mol. The van der Waals surface area contributed by atoms with E-state index in [1.54, 1.807) is 18.2 Å². The van der Waals surface area contributed by atoms with Crippen molar-refractivity contribution in [2.45, 2.75) is 30.6 Å². The molecule has 7 heteroatoms. The molecule has 0 unspecified atom stereocenters. The SMILES string of the molecule is CS(=O)(=O)c1cc(-n2ncccc2=O)c(CC2CCC2)cc1-c1ccc(F)cc1. The number of hydrogen-bond acceptors (Lipinski definition) is 4. The Morgan fingerprint density at radius 1 is 1.14 bits per heavy atom. The molecule has 1 fully saturated rings. The van der Waals surface area contributed by atoms with Crippen LogP contribution < -0.4 is 5.56 Å². The van der Waals surface area contributed by atoms with Crippen LogP contribution in [0.25, 0.3) is 16.8 Å². The van der Waals surface area contributed by atoms with E-state index in [2.05, 4.69) is 5.10 Å². The van der Waals surface area contributed by atoms with Crippen LogP contribution in [0.2, 0.25) is 0 Å². The van der Waals surface area contributed by atoms with Crippen LogP contribution in [0.5, 0.6) is 0 Å². The molecule has 0 atom stereocenters. The maximum absolute atomic E-state index is 13.4. The van der Waals surface area contributed by atoms with Crippen LogP contribution >= 0.6 is 0 Å². The van der Waals surface area contributed by atoms with E-state index in [4.69, 9.17) is 0 Å². The molecule has 0 N–H and O–H groups in total. The van der Waals surface area contributed by atoms with Crippen molar-refractivity contribution < 1.29 is 12.8 Å². The molecule has 0 radical (unpaired) electrons. The molecule has 1 aliphatic carbocycles. The smallest absolute Gasteiger partial charge is 0.267 e. The van der Waals surface area contributed by atoms with Crippen molar-refractivity contribution in [3.8, 4) is 16.8 Å². The van der Waals surface area contributed by atoms with Gasteiger partial charge in [0, 0.05) is 24.1 Å². The second kappa shape index (κ2) is 7.55. The lowest BCUT2D eigenvalue weighted by Crippen LogP contribution is -2.23. The summed E-state index contributed by atoms with van der Waals surface area (Å²) < 4.78 is 39.8. The molecule has 1 saturated carbocycles. The first-order valence-corrected chi connectivity index (χ1v) is 11.4. The molecule has 1 aliphatic rings. The highest BCUT2D eigenvalue weighted by molar-refractivity contribution is 7.90. The fraction of sp³-hybridized carbons (Fsp3) is 0.273.